The third kappa shape index (κ3) is 3.96. The highest BCUT2D eigenvalue weighted by molar-refractivity contribution is 5.84. The first-order chi connectivity index (χ1) is 16.4. The normalized spacial score (nSPS) is 14.1. The van der Waals surface area contributed by atoms with Crippen LogP contribution in [0, 0.1) is 6.92 Å². The molecule has 0 unspecified atom stereocenters. The van der Waals surface area contributed by atoms with Gasteiger partial charge in [-0.3, -0.25) is 13.9 Å². The maximum atomic E-state index is 13.3. The Bertz CT molecular complexity index is 1440. The van der Waals surface area contributed by atoms with Crippen molar-refractivity contribution in [3.8, 4) is 11.4 Å². The summed E-state index contributed by atoms with van der Waals surface area (Å²) in [5.41, 5.74) is 4.44. The van der Waals surface area contributed by atoms with E-state index in [-0.39, 0.29) is 24.2 Å². The van der Waals surface area contributed by atoms with Gasteiger partial charge in [-0.25, -0.2) is 4.79 Å². The molecule has 0 saturated heterocycles. The highest BCUT2D eigenvalue weighted by Gasteiger charge is 2.23. The van der Waals surface area contributed by atoms with Crippen molar-refractivity contribution in [2.24, 2.45) is 0 Å². The van der Waals surface area contributed by atoms with E-state index in [1.165, 1.54) is 11.1 Å². The highest BCUT2D eigenvalue weighted by atomic mass is 16.5. The molecule has 3 heterocycles. The Balaban J connectivity index is 1.46. The topological polar surface area (TPSA) is 86.2 Å². The van der Waals surface area contributed by atoms with E-state index in [2.05, 4.69) is 28.3 Å². The van der Waals surface area contributed by atoms with Crippen LogP contribution >= 0.6 is 0 Å². The van der Waals surface area contributed by atoms with E-state index in [1.807, 2.05) is 55.1 Å². The number of carbonyl (C=O) groups excluding carboxylic acids is 1. The minimum absolute atomic E-state index is 0.0156. The smallest absolute Gasteiger partial charge is 0.329 e. The van der Waals surface area contributed by atoms with E-state index in [4.69, 9.17) is 4.52 Å². The molecule has 0 bridgehead atoms. The van der Waals surface area contributed by atoms with E-state index in [0.717, 1.165) is 17.5 Å². The number of nitrogens with zero attached hydrogens (tertiary/aromatic N) is 5. The van der Waals surface area contributed by atoms with Crippen molar-refractivity contribution in [1.82, 2.24) is 24.2 Å². The number of rotatable bonds is 5. The number of imidazole rings is 1. The third-order valence-electron chi connectivity index (χ3n) is 6.26. The molecular weight excluding hydrogens is 430 g/mol. The van der Waals surface area contributed by atoms with Crippen molar-refractivity contribution < 1.29 is 9.32 Å². The van der Waals surface area contributed by atoms with Crippen LogP contribution in [0.2, 0.25) is 0 Å². The lowest BCUT2D eigenvalue weighted by Gasteiger charge is -2.27. The molecule has 4 aromatic rings. The van der Waals surface area contributed by atoms with Crippen LogP contribution in [0.25, 0.3) is 28.0 Å². The third-order valence-corrected chi connectivity index (χ3v) is 6.26. The lowest BCUT2D eigenvalue weighted by Crippen LogP contribution is -2.39. The molecule has 0 atom stereocenters. The zero-order valence-corrected chi connectivity index (χ0v) is 19.6. The minimum Gasteiger partial charge on any atom is -0.339 e. The molecule has 0 aliphatic carbocycles. The maximum Gasteiger partial charge on any atom is 0.329 e. The predicted molar refractivity (Wildman–Crippen MR) is 130 cm³/mol. The zero-order chi connectivity index (χ0) is 23.8. The van der Waals surface area contributed by atoms with Crippen LogP contribution < -0.4 is 5.69 Å². The summed E-state index contributed by atoms with van der Waals surface area (Å²) in [5, 5.41) is 3.99. The molecule has 0 saturated carbocycles. The fraction of sp³-hybridized carbons (Fsp3) is 0.308. The number of hydrogen-bond acceptors (Lipinski definition) is 5. The first-order valence-corrected chi connectivity index (χ1v) is 11.5. The van der Waals surface area contributed by atoms with E-state index >= 15 is 0 Å². The molecule has 1 amide bonds. The molecule has 2 aromatic heterocycles. The lowest BCUT2D eigenvalue weighted by molar-refractivity contribution is -0.131. The van der Waals surface area contributed by atoms with E-state index in [1.54, 1.807) is 16.1 Å². The first kappa shape index (κ1) is 21.9. The largest absolute Gasteiger partial charge is 0.339 e. The number of benzene rings is 2. The number of aromatic nitrogens is 4. The van der Waals surface area contributed by atoms with Gasteiger partial charge in [-0.05, 0) is 49.6 Å². The van der Waals surface area contributed by atoms with Crippen molar-refractivity contribution in [1.29, 1.82) is 0 Å². The summed E-state index contributed by atoms with van der Waals surface area (Å²) in [6, 6.07) is 15.8. The minimum atomic E-state index is -0.197. The number of fused-ring (bicyclic) bond motifs is 1. The summed E-state index contributed by atoms with van der Waals surface area (Å²) in [6.07, 6.45) is 2.90. The van der Waals surface area contributed by atoms with Gasteiger partial charge in [-0.2, -0.15) is 4.98 Å². The van der Waals surface area contributed by atoms with E-state index in [9.17, 15) is 9.59 Å². The molecule has 34 heavy (non-hydrogen) atoms. The number of amides is 1. The molecule has 1 aliphatic rings. The molecule has 8 nitrogen and oxygen atoms in total. The number of aryl methyl sites for hydroxylation is 1. The van der Waals surface area contributed by atoms with Gasteiger partial charge >= 0.3 is 5.69 Å². The Morgan fingerprint density at radius 2 is 1.88 bits per heavy atom. The van der Waals surface area contributed by atoms with Crippen LogP contribution in [-0.4, -0.2) is 43.2 Å². The molecule has 0 radical (unpaired) electrons. The number of carbonyl (C=O) groups is 1. The van der Waals surface area contributed by atoms with Gasteiger partial charge in [0.25, 0.3) is 0 Å². The van der Waals surface area contributed by atoms with Crippen LogP contribution in [0.15, 0.2) is 63.9 Å². The summed E-state index contributed by atoms with van der Waals surface area (Å²) >= 11 is 0. The molecule has 1 aliphatic heterocycles. The molecule has 0 fully saturated rings. The molecule has 0 N–H and O–H groups in total. The average Bonchev–Trinajstić information content (AvgIpc) is 3.40. The van der Waals surface area contributed by atoms with E-state index < -0.39 is 0 Å². The fourth-order valence-electron chi connectivity index (χ4n) is 4.53. The Morgan fingerprint density at radius 1 is 1.09 bits per heavy atom. The summed E-state index contributed by atoms with van der Waals surface area (Å²) in [7, 11) is 0. The second-order valence-electron chi connectivity index (χ2n) is 8.86. The maximum absolute atomic E-state index is 13.3. The van der Waals surface area contributed by atoms with Crippen LogP contribution in [-0.2, 0) is 11.3 Å². The predicted octanol–water partition coefficient (Wildman–Crippen LogP) is 4.06. The summed E-state index contributed by atoms with van der Waals surface area (Å²) in [4.78, 5) is 32.7. The Morgan fingerprint density at radius 3 is 2.53 bits per heavy atom. The van der Waals surface area contributed by atoms with Gasteiger partial charge < -0.3 is 9.42 Å². The molecule has 0 spiro atoms. The second-order valence-corrected chi connectivity index (χ2v) is 8.86. The summed E-state index contributed by atoms with van der Waals surface area (Å²) in [6.45, 7) is 6.81. The van der Waals surface area contributed by atoms with Gasteiger partial charge in [0.1, 0.15) is 6.54 Å². The monoisotopic (exact) mass is 457 g/mol. The zero-order valence-electron chi connectivity index (χ0n) is 19.6. The molecule has 5 rings (SSSR count). The van der Waals surface area contributed by atoms with Crippen molar-refractivity contribution in [3.05, 3.63) is 76.5 Å². The van der Waals surface area contributed by atoms with Crippen molar-refractivity contribution in [2.45, 2.75) is 39.8 Å². The van der Waals surface area contributed by atoms with E-state index in [0.29, 0.717) is 30.3 Å². The van der Waals surface area contributed by atoms with Crippen LogP contribution in [0.3, 0.4) is 0 Å². The molecular formula is C26H27N5O3. The molecule has 8 heteroatoms. The SMILES string of the molecule is Cc1nc(-c2ccc3c(c2)n(CC(=O)N2CC=C(c4ccccc4)CC2)c(=O)n3C(C)C)no1. The highest BCUT2D eigenvalue weighted by Crippen LogP contribution is 2.25. The Labute approximate surface area is 197 Å². The number of hydrogen-bond donors (Lipinski definition) is 0. The summed E-state index contributed by atoms with van der Waals surface area (Å²) in [5.74, 6) is 0.848. The fourth-order valence-corrected chi connectivity index (χ4v) is 4.53. The van der Waals surface area contributed by atoms with Gasteiger partial charge in [-0.1, -0.05) is 41.6 Å². The second kappa shape index (κ2) is 8.78. The molecule has 2 aromatic carbocycles. The van der Waals surface area contributed by atoms with Gasteiger partial charge in [0.05, 0.1) is 11.0 Å². The Kier molecular flexibility index (Phi) is 5.65. The average molecular weight is 458 g/mol. The van der Waals surface area contributed by atoms with Crippen LogP contribution in [0.5, 0.6) is 0 Å². The van der Waals surface area contributed by atoms with Crippen molar-refractivity contribution >= 4 is 22.5 Å². The molecule has 174 valence electrons. The summed E-state index contributed by atoms with van der Waals surface area (Å²) < 4.78 is 8.39. The first-order valence-electron chi connectivity index (χ1n) is 11.5. The van der Waals surface area contributed by atoms with Gasteiger partial charge in [0, 0.05) is 31.6 Å². The quantitative estimate of drug-likeness (QED) is 0.451. The van der Waals surface area contributed by atoms with Crippen molar-refractivity contribution in [2.75, 3.05) is 13.1 Å². The van der Waals surface area contributed by atoms with Crippen LogP contribution in [0.1, 0.15) is 37.8 Å². The van der Waals surface area contributed by atoms with Crippen LogP contribution in [0.4, 0.5) is 0 Å². The standard InChI is InChI=1S/C26H27N5O3/c1-17(2)31-22-10-9-21(25-27-18(3)34-28-25)15-23(22)30(26(31)33)16-24(32)29-13-11-20(12-14-29)19-7-5-4-6-8-19/h4-11,15,17H,12-14,16H2,1-3H3. The van der Waals surface area contributed by atoms with Crippen molar-refractivity contribution in [3.63, 3.8) is 0 Å². The lowest BCUT2D eigenvalue weighted by atomic mass is 9.99. The Hall–Kier alpha value is -3.94. The van der Waals surface area contributed by atoms with Gasteiger partial charge in [0.2, 0.25) is 17.6 Å². The van der Waals surface area contributed by atoms with Gasteiger partial charge in [-0.15, -0.1) is 0 Å². The van der Waals surface area contributed by atoms with Gasteiger partial charge in [0.15, 0.2) is 0 Å².